The summed E-state index contributed by atoms with van der Waals surface area (Å²) >= 11 is 3.38. The highest BCUT2D eigenvalue weighted by molar-refractivity contribution is 7.15. The molecule has 0 unspecified atom stereocenters. The van der Waals surface area contributed by atoms with Gasteiger partial charge in [-0.1, -0.05) is 0 Å². The van der Waals surface area contributed by atoms with E-state index < -0.39 is 0 Å². The van der Waals surface area contributed by atoms with E-state index in [1.165, 1.54) is 10.4 Å². The second kappa shape index (κ2) is 7.54. The molecule has 0 aliphatic carbocycles. The average molecular weight is 346 g/mol. The maximum Gasteiger partial charge on any atom is 0.126 e. The largest absolute Gasteiger partial charge is 0.395 e. The van der Waals surface area contributed by atoms with E-state index >= 15 is 0 Å². The third-order valence-corrected chi connectivity index (χ3v) is 5.12. The van der Waals surface area contributed by atoms with Gasteiger partial charge in [-0.25, -0.2) is 9.97 Å². The number of rotatable bonds is 7. The van der Waals surface area contributed by atoms with Gasteiger partial charge in [0.2, 0.25) is 0 Å². The van der Waals surface area contributed by atoms with Crippen molar-refractivity contribution in [1.29, 1.82) is 0 Å². The monoisotopic (exact) mass is 346 g/mol. The maximum atomic E-state index is 8.95. The fourth-order valence-corrected chi connectivity index (χ4v) is 3.65. The van der Waals surface area contributed by atoms with E-state index in [1.807, 2.05) is 30.3 Å². The summed E-state index contributed by atoms with van der Waals surface area (Å²) in [5, 5.41) is 17.5. The van der Waals surface area contributed by atoms with Gasteiger partial charge in [-0.15, -0.1) is 11.3 Å². The van der Waals surface area contributed by atoms with Crippen molar-refractivity contribution in [1.82, 2.24) is 9.97 Å². The highest BCUT2D eigenvalue weighted by Crippen LogP contribution is 2.27. The van der Waals surface area contributed by atoms with E-state index in [9.17, 15) is 0 Å². The number of nitrogens with one attached hydrogen (secondary N) is 1. The van der Waals surface area contributed by atoms with Crippen LogP contribution in [0, 0.1) is 0 Å². The predicted molar refractivity (Wildman–Crippen MR) is 97.3 cm³/mol. The Balaban J connectivity index is 1.58. The molecule has 0 aromatic carbocycles. The summed E-state index contributed by atoms with van der Waals surface area (Å²) in [5.74, 6) is 0.830. The van der Waals surface area contributed by atoms with Gasteiger partial charge >= 0.3 is 0 Å². The van der Waals surface area contributed by atoms with Gasteiger partial charge in [0.1, 0.15) is 10.8 Å². The van der Waals surface area contributed by atoms with E-state index in [0.717, 1.165) is 16.5 Å². The normalized spacial score (nSPS) is 10.7. The first kappa shape index (κ1) is 15.9. The van der Waals surface area contributed by atoms with Crippen molar-refractivity contribution in [3.63, 3.8) is 0 Å². The van der Waals surface area contributed by atoms with E-state index in [2.05, 4.69) is 32.1 Å². The van der Waals surface area contributed by atoms with Crippen LogP contribution in [0.5, 0.6) is 0 Å². The van der Waals surface area contributed by atoms with Crippen LogP contribution in [0.2, 0.25) is 0 Å². The minimum absolute atomic E-state index is 0.133. The highest BCUT2D eigenvalue weighted by Gasteiger charge is 2.06. The molecule has 0 fully saturated rings. The molecular formula is C16H18N4OS2. The smallest absolute Gasteiger partial charge is 0.126 e. The van der Waals surface area contributed by atoms with E-state index in [1.54, 1.807) is 28.9 Å². The highest BCUT2D eigenvalue weighted by atomic mass is 32.1. The summed E-state index contributed by atoms with van der Waals surface area (Å²) in [7, 11) is 1.93. The zero-order chi connectivity index (χ0) is 16.1. The summed E-state index contributed by atoms with van der Waals surface area (Å²) in [6.45, 7) is 1.44. The van der Waals surface area contributed by atoms with Crippen molar-refractivity contribution in [2.75, 3.05) is 30.4 Å². The van der Waals surface area contributed by atoms with Gasteiger partial charge in [-0.05, 0) is 23.6 Å². The Morgan fingerprint density at radius 1 is 1.22 bits per heavy atom. The number of nitrogens with zero attached hydrogens (tertiary/aromatic N) is 3. The molecule has 0 amide bonds. The van der Waals surface area contributed by atoms with E-state index in [4.69, 9.17) is 5.11 Å². The van der Waals surface area contributed by atoms with Crippen LogP contribution in [0.3, 0.4) is 0 Å². The Hall–Kier alpha value is -1.96. The van der Waals surface area contributed by atoms with Crippen molar-refractivity contribution >= 4 is 34.2 Å². The first-order valence-corrected chi connectivity index (χ1v) is 9.01. The molecule has 0 bridgehead atoms. The van der Waals surface area contributed by atoms with Crippen molar-refractivity contribution in [3.05, 3.63) is 46.2 Å². The quantitative estimate of drug-likeness (QED) is 0.687. The number of aliphatic hydroxyl groups is 1. The lowest BCUT2D eigenvalue weighted by Gasteiger charge is -2.17. The van der Waals surface area contributed by atoms with Crippen molar-refractivity contribution in [3.8, 4) is 10.6 Å². The molecule has 0 spiro atoms. The van der Waals surface area contributed by atoms with Crippen LogP contribution in [0.1, 0.15) is 4.88 Å². The van der Waals surface area contributed by atoms with Gasteiger partial charge in [-0.2, -0.15) is 11.3 Å². The molecular weight excluding hydrogens is 328 g/mol. The maximum absolute atomic E-state index is 8.95. The molecule has 3 rings (SSSR count). The van der Waals surface area contributed by atoms with Crippen LogP contribution < -0.4 is 10.2 Å². The zero-order valence-corrected chi connectivity index (χ0v) is 14.4. The topological polar surface area (TPSA) is 61.3 Å². The van der Waals surface area contributed by atoms with Gasteiger partial charge in [0.15, 0.2) is 0 Å². The van der Waals surface area contributed by atoms with Gasteiger partial charge in [0.25, 0.3) is 0 Å². The molecule has 3 aromatic rings. The average Bonchev–Trinajstić information content (AvgIpc) is 3.25. The molecule has 5 nitrogen and oxygen atoms in total. The number of aliphatic hydroxyl groups excluding tert-OH is 1. The second-order valence-electron chi connectivity index (χ2n) is 5.04. The summed E-state index contributed by atoms with van der Waals surface area (Å²) in [6, 6.07) is 6.03. The third-order valence-electron chi connectivity index (χ3n) is 3.39. The van der Waals surface area contributed by atoms with E-state index in [0.29, 0.717) is 13.1 Å². The van der Waals surface area contributed by atoms with Gasteiger partial charge < -0.3 is 15.3 Å². The number of hydrogen-bond acceptors (Lipinski definition) is 7. The SMILES string of the molecule is CN(CCO)c1ccc(NCc2cnc(-c3ccsc3)s2)nc1. The molecule has 3 aromatic heterocycles. The molecule has 7 heteroatoms. The molecule has 0 aliphatic heterocycles. The number of aromatic nitrogens is 2. The Morgan fingerprint density at radius 3 is 2.83 bits per heavy atom. The van der Waals surface area contributed by atoms with Gasteiger partial charge in [0.05, 0.1) is 25.0 Å². The Kier molecular flexibility index (Phi) is 5.22. The Bertz CT molecular complexity index is 725. The minimum Gasteiger partial charge on any atom is -0.395 e. The molecule has 0 saturated carbocycles. The first-order valence-electron chi connectivity index (χ1n) is 7.25. The van der Waals surface area contributed by atoms with Crippen LogP contribution in [0.15, 0.2) is 41.4 Å². The number of pyridine rings is 1. The summed E-state index contributed by atoms with van der Waals surface area (Å²) in [4.78, 5) is 12.0. The molecule has 0 radical (unpaired) electrons. The lowest BCUT2D eigenvalue weighted by atomic mass is 10.3. The summed E-state index contributed by atoms with van der Waals surface area (Å²) < 4.78 is 0. The summed E-state index contributed by atoms with van der Waals surface area (Å²) in [5.41, 5.74) is 2.17. The lowest BCUT2D eigenvalue weighted by molar-refractivity contribution is 0.304. The third kappa shape index (κ3) is 4.07. The predicted octanol–water partition coefficient (Wildman–Crippen LogP) is 3.31. The van der Waals surface area contributed by atoms with Crippen LogP contribution in [-0.4, -0.2) is 35.3 Å². The number of hydrogen-bond donors (Lipinski definition) is 2. The number of anilines is 2. The molecule has 0 atom stereocenters. The summed E-state index contributed by atoms with van der Waals surface area (Å²) in [6.07, 6.45) is 3.72. The molecule has 0 saturated heterocycles. The molecule has 2 N–H and O–H groups in total. The fourth-order valence-electron chi connectivity index (χ4n) is 2.08. The van der Waals surface area contributed by atoms with E-state index in [-0.39, 0.29) is 6.61 Å². The Labute approximate surface area is 143 Å². The Morgan fingerprint density at radius 2 is 2.13 bits per heavy atom. The van der Waals surface area contributed by atoms with Crippen LogP contribution in [0.25, 0.3) is 10.6 Å². The second-order valence-corrected chi connectivity index (χ2v) is 6.94. The van der Waals surface area contributed by atoms with Crippen LogP contribution in [0.4, 0.5) is 11.5 Å². The zero-order valence-electron chi connectivity index (χ0n) is 12.8. The fraction of sp³-hybridized carbons (Fsp3) is 0.250. The molecule has 3 heterocycles. The standard InChI is InChI=1S/C16H18N4OS2/c1-20(5-6-21)13-2-3-15(17-8-13)18-9-14-10-19-16(23-14)12-4-7-22-11-12/h2-4,7-8,10-11,21H,5-6,9H2,1H3,(H,17,18). The lowest BCUT2D eigenvalue weighted by Crippen LogP contribution is -2.21. The van der Waals surface area contributed by atoms with Crippen molar-refractivity contribution in [2.24, 2.45) is 0 Å². The van der Waals surface area contributed by atoms with Gasteiger partial charge in [-0.3, -0.25) is 0 Å². The molecule has 23 heavy (non-hydrogen) atoms. The van der Waals surface area contributed by atoms with Crippen LogP contribution in [-0.2, 0) is 6.54 Å². The molecule has 120 valence electrons. The number of thiazole rings is 1. The minimum atomic E-state index is 0.133. The first-order chi connectivity index (χ1) is 11.3. The van der Waals surface area contributed by atoms with Crippen molar-refractivity contribution < 1.29 is 5.11 Å². The van der Waals surface area contributed by atoms with Gasteiger partial charge in [0, 0.05) is 35.6 Å². The number of thiophene rings is 1. The molecule has 0 aliphatic rings. The number of likely N-dealkylation sites (N-methyl/N-ethyl adjacent to an activating group) is 1. The van der Waals surface area contributed by atoms with Crippen LogP contribution >= 0.6 is 22.7 Å². The van der Waals surface area contributed by atoms with Crippen molar-refractivity contribution in [2.45, 2.75) is 6.54 Å².